The third-order valence-corrected chi connectivity index (χ3v) is 6.48. The van der Waals surface area contributed by atoms with Crippen LogP contribution in [0.3, 0.4) is 0 Å². The van der Waals surface area contributed by atoms with E-state index in [0.717, 1.165) is 29.0 Å². The van der Waals surface area contributed by atoms with Crippen LogP contribution in [0.1, 0.15) is 6.42 Å². The van der Waals surface area contributed by atoms with Gasteiger partial charge in [0.25, 0.3) is 10.0 Å². The number of sulfonamides is 1. The molecule has 5 nitrogen and oxygen atoms in total. The Hall–Kier alpha value is -1.67. The molecule has 3 rings (SSSR count). The molecule has 144 valence electrons. The van der Waals surface area contributed by atoms with Crippen LogP contribution in [0.2, 0.25) is 5.02 Å². The van der Waals surface area contributed by atoms with Crippen molar-refractivity contribution in [2.45, 2.75) is 16.4 Å². The normalized spacial score (nSPS) is 12.0. The number of nitrogens with one attached hydrogen (secondary N) is 1. The van der Waals surface area contributed by atoms with Crippen LogP contribution in [-0.2, 0) is 10.0 Å². The average Bonchev–Trinajstić information content (AvgIpc) is 3.05. The summed E-state index contributed by atoms with van der Waals surface area (Å²) < 4.78 is 33.7. The van der Waals surface area contributed by atoms with Crippen molar-refractivity contribution in [1.29, 1.82) is 0 Å². The van der Waals surface area contributed by atoms with E-state index in [4.69, 9.17) is 16.0 Å². The number of para-hydroxylation sites is 1. The lowest BCUT2D eigenvalue weighted by Crippen LogP contribution is -2.14. The first-order valence-corrected chi connectivity index (χ1v) is 11.3. The van der Waals surface area contributed by atoms with Crippen LogP contribution >= 0.6 is 23.4 Å². The minimum Gasteiger partial charge on any atom is -0.443 e. The van der Waals surface area contributed by atoms with Gasteiger partial charge in [-0.15, -0.1) is 11.8 Å². The molecule has 1 N–H and O–H groups in total. The predicted octanol–water partition coefficient (Wildman–Crippen LogP) is 4.93. The highest BCUT2D eigenvalue weighted by Crippen LogP contribution is 2.33. The number of nitrogens with zero attached hydrogens (tertiary/aromatic N) is 1. The zero-order valence-electron chi connectivity index (χ0n) is 15.1. The number of thioether (sulfide) groups is 1. The Morgan fingerprint density at radius 3 is 2.67 bits per heavy atom. The van der Waals surface area contributed by atoms with Crippen LogP contribution in [0.4, 0.5) is 5.69 Å². The van der Waals surface area contributed by atoms with Gasteiger partial charge in [-0.3, -0.25) is 4.72 Å². The van der Waals surface area contributed by atoms with Crippen molar-refractivity contribution in [1.82, 2.24) is 4.90 Å². The van der Waals surface area contributed by atoms with Gasteiger partial charge in [0.05, 0.1) is 5.69 Å². The zero-order chi connectivity index (χ0) is 19.4. The molecular formula is C19H21ClN2O3S2. The summed E-state index contributed by atoms with van der Waals surface area (Å²) in [4.78, 5) is 2.95. The fourth-order valence-corrected chi connectivity index (χ4v) is 4.76. The van der Waals surface area contributed by atoms with Crippen molar-refractivity contribution in [3.8, 4) is 0 Å². The zero-order valence-corrected chi connectivity index (χ0v) is 17.5. The molecule has 0 saturated heterocycles. The number of hydrogen-bond donors (Lipinski definition) is 1. The summed E-state index contributed by atoms with van der Waals surface area (Å²) in [5, 5.41) is 1.09. The summed E-state index contributed by atoms with van der Waals surface area (Å²) in [5.41, 5.74) is 0.986. The molecule has 1 heterocycles. The van der Waals surface area contributed by atoms with E-state index in [9.17, 15) is 8.42 Å². The highest BCUT2D eigenvalue weighted by atomic mass is 35.5. The van der Waals surface area contributed by atoms with E-state index >= 15 is 0 Å². The molecule has 0 fully saturated rings. The topological polar surface area (TPSA) is 62.6 Å². The second-order valence-corrected chi connectivity index (χ2v) is 9.54. The Balaban J connectivity index is 1.81. The molecule has 0 atom stereocenters. The second kappa shape index (κ2) is 8.56. The minimum atomic E-state index is -3.86. The number of hydrogen-bond acceptors (Lipinski definition) is 5. The molecule has 0 amide bonds. The van der Waals surface area contributed by atoms with Crippen molar-refractivity contribution >= 4 is 50.0 Å². The standard InChI is InChI=1S/C19H21ClN2O3S2/c1-22(2)10-5-11-26-18-9-8-15(20)13-16(18)21-27(23,24)19-12-14-6-3-4-7-17(14)25-19/h3-4,6-9,12-13,21H,5,10-11H2,1-2H3. The van der Waals surface area contributed by atoms with Crippen LogP contribution in [0.5, 0.6) is 0 Å². The van der Waals surface area contributed by atoms with Crippen molar-refractivity contribution in [3.05, 3.63) is 53.6 Å². The Kier molecular flexibility index (Phi) is 6.37. The summed E-state index contributed by atoms with van der Waals surface area (Å²) in [6.07, 6.45) is 0.996. The van der Waals surface area contributed by atoms with Crippen molar-refractivity contribution in [3.63, 3.8) is 0 Å². The van der Waals surface area contributed by atoms with E-state index in [1.54, 1.807) is 36.0 Å². The molecule has 8 heteroatoms. The second-order valence-electron chi connectivity index (χ2n) is 6.35. The number of furan rings is 1. The molecule has 0 aliphatic rings. The van der Waals surface area contributed by atoms with Crippen molar-refractivity contribution in [2.75, 3.05) is 31.1 Å². The van der Waals surface area contributed by atoms with Gasteiger partial charge in [0.1, 0.15) is 5.58 Å². The van der Waals surface area contributed by atoms with Gasteiger partial charge in [0, 0.05) is 21.4 Å². The van der Waals surface area contributed by atoms with Crippen LogP contribution < -0.4 is 4.72 Å². The molecule has 0 bridgehead atoms. The van der Waals surface area contributed by atoms with E-state index in [0.29, 0.717) is 16.3 Å². The highest BCUT2D eigenvalue weighted by Gasteiger charge is 2.21. The lowest BCUT2D eigenvalue weighted by molar-refractivity contribution is 0.410. The van der Waals surface area contributed by atoms with Crippen LogP contribution in [-0.4, -0.2) is 39.7 Å². The molecule has 27 heavy (non-hydrogen) atoms. The summed E-state index contributed by atoms with van der Waals surface area (Å²) >= 11 is 7.68. The lowest BCUT2D eigenvalue weighted by Gasteiger charge is -2.13. The third kappa shape index (κ3) is 5.19. The molecule has 0 saturated carbocycles. The maximum absolute atomic E-state index is 12.8. The molecule has 0 aliphatic carbocycles. The van der Waals surface area contributed by atoms with Gasteiger partial charge in [-0.25, -0.2) is 0 Å². The van der Waals surface area contributed by atoms with Crippen LogP contribution in [0, 0.1) is 0 Å². The van der Waals surface area contributed by atoms with Crippen molar-refractivity contribution < 1.29 is 12.8 Å². The molecule has 1 aromatic heterocycles. The lowest BCUT2D eigenvalue weighted by atomic mass is 10.3. The average molecular weight is 425 g/mol. The minimum absolute atomic E-state index is 0.118. The summed E-state index contributed by atoms with van der Waals surface area (Å²) in [5.74, 6) is 0.874. The van der Waals surface area contributed by atoms with Crippen LogP contribution in [0.15, 0.2) is 62.9 Å². The number of fused-ring (bicyclic) bond motifs is 1. The molecule has 2 aromatic carbocycles. The van der Waals surface area contributed by atoms with E-state index in [2.05, 4.69) is 9.62 Å². The fourth-order valence-electron chi connectivity index (χ4n) is 2.56. The highest BCUT2D eigenvalue weighted by molar-refractivity contribution is 7.99. The van der Waals surface area contributed by atoms with Gasteiger partial charge >= 0.3 is 0 Å². The monoisotopic (exact) mass is 424 g/mol. The molecule has 0 aliphatic heterocycles. The van der Waals surface area contributed by atoms with Gasteiger partial charge < -0.3 is 9.32 Å². The predicted molar refractivity (Wildman–Crippen MR) is 112 cm³/mol. The van der Waals surface area contributed by atoms with Gasteiger partial charge in [-0.05, 0) is 57.1 Å². The van der Waals surface area contributed by atoms with Gasteiger partial charge in [0.2, 0.25) is 5.09 Å². The van der Waals surface area contributed by atoms with Crippen molar-refractivity contribution in [2.24, 2.45) is 0 Å². The molecule has 0 spiro atoms. The third-order valence-electron chi connectivity index (χ3n) is 3.86. The molecular weight excluding hydrogens is 404 g/mol. The fraction of sp³-hybridized carbons (Fsp3) is 0.263. The Morgan fingerprint density at radius 2 is 1.93 bits per heavy atom. The van der Waals surface area contributed by atoms with Gasteiger partial charge in [0.15, 0.2) is 0 Å². The van der Waals surface area contributed by atoms with E-state index in [-0.39, 0.29) is 5.09 Å². The molecule has 0 radical (unpaired) electrons. The van der Waals surface area contributed by atoms with Crippen LogP contribution in [0.25, 0.3) is 11.0 Å². The largest absolute Gasteiger partial charge is 0.443 e. The number of benzene rings is 2. The smallest absolute Gasteiger partial charge is 0.295 e. The number of rotatable bonds is 8. The Bertz CT molecular complexity index is 999. The van der Waals surface area contributed by atoms with Gasteiger partial charge in [-0.1, -0.05) is 29.8 Å². The summed E-state index contributed by atoms with van der Waals surface area (Å²) in [7, 11) is 0.200. The number of anilines is 1. The molecule has 3 aromatic rings. The molecule has 0 unspecified atom stereocenters. The Morgan fingerprint density at radius 1 is 1.15 bits per heavy atom. The first-order valence-electron chi connectivity index (χ1n) is 8.44. The first kappa shape index (κ1) is 20.1. The first-order chi connectivity index (χ1) is 12.8. The summed E-state index contributed by atoms with van der Waals surface area (Å²) in [6.45, 7) is 0.973. The van der Waals surface area contributed by atoms with Gasteiger partial charge in [-0.2, -0.15) is 8.42 Å². The van der Waals surface area contributed by atoms with E-state index in [1.165, 1.54) is 6.07 Å². The Labute approximate surface area is 168 Å². The van der Waals surface area contributed by atoms with E-state index < -0.39 is 10.0 Å². The van der Waals surface area contributed by atoms with E-state index in [1.807, 2.05) is 32.3 Å². The number of halogens is 1. The summed E-state index contributed by atoms with van der Waals surface area (Å²) in [6, 6.07) is 13.9. The maximum atomic E-state index is 12.8. The maximum Gasteiger partial charge on any atom is 0.295 e. The quantitative estimate of drug-likeness (QED) is 0.410. The SMILES string of the molecule is CN(C)CCCSc1ccc(Cl)cc1NS(=O)(=O)c1cc2ccccc2o1.